The van der Waals surface area contributed by atoms with Crippen molar-refractivity contribution >= 4 is 38.1 Å². The summed E-state index contributed by atoms with van der Waals surface area (Å²) in [6.07, 6.45) is 0.800. The largest absolute Gasteiger partial charge is 0.296 e. The van der Waals surface area contributed by atoms with E-state index in [0.717, 1.165) is 11.4 Å². The average Bonchev–Trinajstić information content (AvgIpc) is 3.08. The molecular weight excluding hydrogens is 396 g/mol. The summed E-state index contributed by atoms with van der Waals surface area (Å²) in [4.78, 5) is 12.4. The van der Waals surface area contributed by atoms with Crippen LogP contribution in [0.25, 0.3) is 0 Å². The summed E-state index contributed by atoms with van der Waals surface area (Å²) in [6, 6.07) is 14.3. The van der Waals surface area contributed by atoms with Gasteiger partial charge in [-0.25, -0.2) is 8.42 Å². The van der Waals surface area contributed by atoms with E-state index >= 15 is 0 Å². The van der Waals surface area contributed by atoms with Crippen molar-refractivity contribution in [2.24, 2.45) is 5.92 Å². The summed E-state index contributed by atoms with van der Waals surface area (Å²) in [7, 11) is -3.72. The van der Waals surface area contributed by atoms with Crippen molar-refractivity contribution in [3.8, 4) is 0 Å². The van der Waals surface area contributed by atoms with Crippen LogP contribution in [0.4, 0.5) is 10.8 Å². The molecule has 0 radical (unpaired) electrons. The second-order valence-electron chi connectivity index (χ2n) is 6.55. The molecule has 9 heteroatoms. The van der Waals surface area contributed by atoms with Crippen LogP contribution in [-0.2, 0) is 16.4 Å². The molecule has 1 heterocycles. The highest BCUT2D eigenvalue weighted by molar-refractivity contribution is 7.92. The quantitative estimate of drug-likeness (QED) is 0.610. The van der Waals surface area contributed by atoms with E-state index in [1.54, 1.807) is 30.3 Å². The lowest BCUT2D eigenvalue weighted by Crippen LogP contribution is -2.14. The van der Waals surface area contributed by atoms with E-state index in [9.17, 15) is 13.2 Å². The van der Waals surface area contributed by atoms with Crippen molar-refractivity contribution in [1.29, 1.82) is 0 Å². The summed E-state index contributed by atoms with van der Waals surface area (Å²) >= 11 is 1.33. The molecule has 0 bridgehead atoms. The smallest absolute Gasteiger partial charge is 0.261 e. The van der Waals surface area contributed by atoms with Gasteiger partial charge in [0.1, 0.15) is 5.01 Å². The Bertz CT molecular complexity index is 1050. The SMILES string of the molecule is CC(C)Cc1nnc(NC(=O)c2ccc(S(=O)(=O)Nc3ccccc3)cc2)s1. The zero-order chi connectivity index (χ0) is 20.1. The van der Waals surface area contributed by atoms with Crippen LogP contribution in [0.3, 0.4) is 0 Å². The molecule has 0 atom stereocenters. The maximum Gasteiger partial charge on any atom is 0.261 e. The average molecular weight is 417 g/mol. The number of hydrogen-bond donors (Lipinski definition) is 2. The normalized spacial score (nSPS) is 11.4. The van der Waals surface area contributed by atoms with Gasteiger partial charge in [0.2, 0.25) is 5.13 Å². The van der Waals surface area contributed by atoms with Crippen molar-refractivity contribution in [1.82, 2.24) is 10.2 Å². The van der Waals surface area contributed by atoms with Crippen molar-refractivity contribution < 1.29 is 13.2 Å². The zero-order valence-electron chi connectivity index (χ0n) is 15.4. The van der Waals surface area contributed by atoms with Crippen LogP contribution in [-0.4, -0.2) is 24.5 Å². The van der Waals surface area contributed by atoms with Gasteiger partial charge < -0.3 is 0 Å². The Hall–Kier alpha value is -2.78. The predicted octanol–water partition coefficient (Wildman–Crippen LogP) is 3.79. The Morgan fingerprint density at radius 2 is 1.71 bits per heavy atom. The molecule has 0 aliphatic heterocycles. The van der Waals surface area contributed by atoms with Crippen molar-refractivity contribution in [2.75, 3.05) is 10.0 Å². The van der Waals surface area contributed by atoms with Gasteiger partial charge in [0.25, 0.3) is 15.9 Å². The molecule has 0 aliphatic rings. The first-order valence-electron chi connectivity index (χ1n) is 8.65. The standard InChI is InChI=1S/C19H20N4O3S2/c1-13(2)12-17-21-22-19(27-17)20-18(24)14-8-10-16(11-9-14)28(25,26)23-15-6-4-3-5-7-15/h3-11,13,23H,12H2,1-2H3,(H,20,22,24). The van der Waals surface area contributed by atoms with E-state index in [1.165, 1.54) is 35.6 Å². The second-order valence-corrected chi connectivity index (χ2v) is 9.29. The van der Waals surface area contributed by atoms with E-state index in [-0.39, 0.29) is 10.8 Å². The first kappa shape index (κ1) is 20.0. The molecule has 1 amide bonds. The van der Waals surface area contributed by atoms with Gasteiger partial charge in [-0.1, -0.05) is 43.4 Å². The topological polar surface area (TPSA) is 101 Å². The first-order chi connectivity index (χ1) is 13.3. The Morgan fingerprint density at radius 3 is 2.36 bits per heavy atom. The minimum atomic E-state index is -3.72. The maximum absolute atomic E-state index is 12.4. The predicted molar refractivity (Wildman–Crippen MR) is 110 cm³/mol. The monoisotopic (exact) mass is 416 g/mol. The van der Waals surface area contributed by atoms with E-state index in [1.807, 2.05) is 0 Å². The minimum Gasteiger partial charge on any atom is -0.296 e. The fourth-order valence-electron chi connectivity index (χ4n) is 2.41. The number of para-hydroxylation sites is 1. The summed E-state index contributed by atoms with van der Waals surface area (Å²) in [5, 5.41) is 12.0. The van der Waals surface area contributed by atoms with E-state index in [0.29, 0.717) is 22.3 Å². The zero-order valence-corrected chi connectivity index (χ0v) is 17.0. The van der Waals surface area contributed by atoms with Crippen LogP contribution in [0.2, 0.25) is 0 Å². The molecule has 146 valence electrons. The highest BCUT2D eigenvalue weighted by Gasteiger charge is 2.16. The van der Waals surface area contributed by atoms with E-state index < -0.39 is 10.0 Å². The lowest BCUT2D eigenvalue weighted by Gasteiger charge is -2.08. The van der Waals surface area contributed by atoms with Gasteiger partial charge in [-0.15, -0.1) is 10.2 Å². The lowest BCUT2D eigenvalue weighted by molar-refractivity contribution is 0.102. The van der Waals surface area contributed by atoms with E-state index in [4.69, 9.17) is 0 Å². The number of hydrogen-bond acceptors (Lipinski definition) is 6. The van der Waals surface area contributed by atoms with Gasteiger partial charge in [-0.2, -0.15) is 0 Å². The third-order valence-corrected chi connectivity index (χ3v) is 5.98. The minimum absolute atomic E-state index is 0.0723. The fourth-order valence-corrected chi connectivity index (χ4v) is 4.42. The van der Waals surface area contributed by atoms with Gasteiger partial charge in [0.15, 0.2) is 0 Å². The molecule has 3 rings (SSSR count). The number of aromatic nitrogens is 2. The summed E-state index contributed by atoms with van der Waals surface area (Å²) in [5.41, 5.74) is 0.803. The number of benzene rings is 2. The van der Waals surface area contributed by atoms with Crippen molar-refractivity contribution in [2.45, 2.75) is 25.2 Å². The number of rotatable bonds is 7. The molecule has 7 nitrogen and oxygen atoms in total. The fraction of sp³-hybridized carbons (Fsp3) is 0.211. The number of anilines is 2. The Kier molecular flexibility index (Phi) is 6.05. The molecular formula is C19H20N4O3S2. The van der Waals surface area contributed by atoms with Crippen LogP contribution in [0.15, 0.2) is 59.5 Å². The number of nitrogens with one attached hydrogen (secondary N) is 2. The lowest BCUT2D eigenvalue weighted by atomic mass is 10.1. The van der Waals surface area contributed by atoms with Crippen LogP contribution in [0.1, 0.15) is 29.2 Å². The van der Waals surface area contributed by atoms with Crippen molar-refractivity contribution in [3.63, 3.8) is 0 Å². The maximum atomic E-state index is 12.4. The molecule has 1 aromatic heterocycles. The molecule has 0 unspecified atom stereocenters. The third-order valence-electron chi connectivity index (χ3n) is 3.72. The summed E-state index contributed by atoms with van der Waals surface area (Å²) < 4.78 is 27.4. The van der Waals surface area contributed by atoms with Crippen LogP contribution in [0, 0.1) is 5.92 Å². The van der Waals surface area contributed by atoms with Crippen LogP contribution < -0.4 is 10.0 Å². The summed E-state index contributed by atoms with van der Waals surface area (Å²) in [5.74, 6) is 0.0858. The van der Waals surface area contributed by atoms with Gasteiger partial charge >= 0.3 is 0 Å². The molecule has 28 heavy (non-hydrogen) atoms. The molecule has 2 N–H and O–H groups in total. The van der Waals surface area contributed by atoms with Crippen LogP contribution in [0.5, 0.6) is 0 Å². The first-order valence-corrected chi connectivity index (χ1v) is 10.9. The van der Waals surface area contributed by atoms with Gasteiger partial charge in [0, 0.05) is 17.7 Å². The Labute approximate surface area is 167 Å². The Morgan fingerprint density at radius 1 is 1.04 bits per heavy atom. The van der Waals surface area contributed by atoms with Crippen LogP contribution >= 0.6 is 11.3 Å². The molecule has 0 fully saturated rings. The molecule has 0 aliphatic carbocycles. The number of carbonyl (C=O) groups excluding carboxylic acids is 1. The van der Waals surface area contributed by atoms with Gasteiger partial charge in [0.05, 0.1) is 4.90 Å². The highest BCUT2D eigenvalue weighted by Crippen LogP contribution is 2.20. The summed E-state index contributed by atoms with van der Waals surface area (Å²) in [6.45, 7) is 4.17. The highest BCUT2D eigenvalue weighted by atomic mass is 32.2. The molecule has 0 saturated heterocycles. The number of amides is 1. The third kappa shape index (κ3) is 5.14. The molecule has 3 aromatic rings. The van der Waals surface area contributed by atoms with Crippen molar-refractivity contribution in [3.05, 3.63) is 65.2 Å². The molecule has 2 aromatic carbocycles. The molecule has 0 saturated carbocycles. The molecule has 0 spiro atoms. The van der Waals surface area contributed by atoms with Gasteiger partial charge in [-0.05, 0) is 42.3 Å². The second kappa shape index (κ2) is 8.49. The van der Waals surface area contributed by atoms with E-state index in [2.05, 4.69) is 34.1 Å². The number of carbonyl (C=O) groups is 1. The number of nitrogens with zero attached hydrogens (tertiary/aromatic N) is 2. The Balaban J connectivity index is 1.68. The number of sulfonamides is 1. The van der Waals surface area contributed by atoms with Gasteiger partial charge in [-0.3, -0.25) is 14.8 Å².